The quantitative estimate of drug-likeness (QED) is 0.437. The minimum absolute atomic E-state index is 0.0788. The predicted molar refractivity (Wildman–Crippen MR) is 97.8 cm³/mol. The Morgan fingerprint density at radius 1 is 1.19 bits per heavy atom. The second kappa shape index (κ2) is 9.35. The summed E-state index contributed by atoms with van der Waals surface area (Å²) >= 11 is 5.80. The lowest BCUT2D eigenvalue weighted by atomic mass is 10.1. The van der Waals surface area contributed by atoms with Crippen LogP contribution < -0.4 is 20.6 Å². The maximum Gasteiger partial charge on any atom is 0.329 e. The van der Waals surface area contributed by atoms with Gasteiger partial charge in [-0.2, -0.15) is 5.10 Å². The fraction of sp³-hybridized carbons (Fsp3) is 0.111. The third-order valence-electron chi connectivity index (χ3n) is 3.20. The van der Waals surface area contributed by atoms with Crippen LogP contribution in [-0.2, 0) is 9.59 Å². The average molecular weight is 389 g/mol. The summed E-state index contributed by atoms with van der Waals surface area (Å²) in [5.41, 5.74) is 2.63. The normalized spacial score (nSPS) is 10.4. The number of ether oxygens (including phenoxy) is 1. The second-order valence-electron chi connectivity index (χ2n) is 5.14. The van der Waals surface area contributed by atoms with Gasteiger partial charge in [-0.25, -0.2) is 5.43 Å². The fourth-order valence-corrected chi connectivity index (χ4v) is 2.22. The summed E-state index contributed by atoms with van der Waals surface area (Å²) in [7, 11) is 0. The van der Waals surface area contributed by atoms with Gasteiger partial charge in [-0.3, -0.25) is 9.59 Å². The number of rotatable bonds is 6. The van der Waals surface area contributed by atoms with Crippen LogP contribution in [-0.4, -0.2) is 30.6 Å². The molecule has 0 atom stereocenters. The highest BCUT2D eigenvalue weighted by atomic mass is 35.5. The summed E-state index contributed by atoms with van der Waals surface area (Å²) in [4.78, 5) is 34.6. The molecule has 140 valence electrons. The van der Waals surface area contributed by atoms with Crippen molar-refractivity contribution in [2.75, 3.05) is 11.9 Å². The Bertz CT molecular complexity index is 898. The maximum absolute atomic E-state index is 11.8. The van der Waals surface area contributed by atoms with E-state index in [9.17, 15) is 19.5 Å². The number of nitrogens with one attached hydrogen (secondary N) is 2. The van der Waals surface area contributed by atoms with E-state index in [1.165, 1.54) is 30.5 Å². The Balaban J connectivity index is 2.05. The van der Waals surface area contributed by atoms with Gasteiger partial charge >= 0.3 is 11.8 Å². The monoisotopic (exact) mass is 388 g/mol. The standard InChI is InChI=1S/C18H16ClN3O5/c1-2-27-15-7-6-11(18(25)26)8-12(15)10-20-22-17(24)16(23)21-14-5-3-4-13(19)9-14/h3-10H,2H2,1H3,(H,21,23)(H,22,24)(H,25,26)/p-1/b20-10-. The summed E-state index contributed by atoms with van der Waals surface area (Å²) in [5, 5.41) is 17.4. The van der Waals surface area contributed by atoms with Crippen LogP contribution in [0.2, 0.25) is 5.02 Å². The molecule has 0 aliphatic rings. The van der Waals surface area contributed by atoms with Crippen LogP contribution >= 0.6 is 11.6 Å². The molecule has 0 saturated carbocycles. The molecule has 0 unspecified atom stereocenters. The number of benzene rings is 2. The highest BCUT2D eigenvalue weighted by Crippen LogP contribution is 2.18. The summed E-state index contributed by atoms with van der Waals surface area (Å²) in [6.45, 7) is 2.11. The van der Waals surface area contributed by atoms with Crippen molar-refractivity contribution < 1.29 is 24.2 Å². The zero-order valence-corrected chi connectivity index (χ0v) is 14.9. The number of halogens is 1. The van der Waals surface area contributed by atoms with E-state index in [2.05, 4.69) is 15.8 Å². The predicted octanol–water partition coefficient (Wildman–Crippen LogP) is 1.19. The molecule has 0 fully saturated rings. The minimum Gasteiger partial charge on any atom is -0.545 e. The number of nitrogens with zero attached hydrogens (tertiary/aromatic N) is 1. The van der Waals surface area contributed by atoms with E-state index in [4.69, 9.17) is 16.3 Å². The van der Waals surface area contributed by atoms with Crippen LogP contribution in [0.5, 0.6) is 5.75 Å². The smallest absolute Gasteiger partial charge is 0.329 e. The number of hydrogen-bond acceptors (Lipinski definition) is 6. The molecule has 0 spiro atoms. The zero-order chi connectivity index (χ0) is 19.8. The first-order valence-electron chi connectivity index (χ1n) is 7.79. The number of amides is 2. The Labute approximate surface area is 159 Å². The number of carbonyl (C=O) groups is 3. The molecule has 0 bridgehead atoms. The summed E-state index contributed by atoms with van der Waals surface area (Å²) < 4.78 is 5.36. The lowest BCUT2D eigenvalue weighted by molar-refractivity contribution is -0.255. The molecule has 2 rings (SSSR count). The van der Waals surface area contributed by atoms with Crippen molar-refractivity contribution in [2.45, 2.75) is 6.92 Å². The Morgan fingerprint density at radius 2 is 1.96 bits per heavy atom. The van der Waals surface area contributed by atoms with E-state index in [-0.39, 0.29) is 5.56 Å². The third-order valence-corrected chi connectivity index (χ3v) is 3.44. The van der Waals surface area contributed by atoms with Crippen molar-refractivity contribution in [1.82, 2.24) is 5.43 Å². The van der Waals surface area contributed by atoms with E-state index in [1.807, 2.05) is 0 Å². The molecule has 0 heterocycles. The van der Waals surface area contributed by atoms with Gasteiger partial charge in [0.05, 0.1) is 18.8 Å². The number of hydrazone groups is 1. The molecule has 8 nitrogen and oxygen atoms in total. The van der Waals surface area contributed by atoms with Crippen LogP contribution in [0, 0.1) is 0 Å². The molecule has 0 radical (unpaired) electrons. The number of carboxylic acid groups (broad SMARTS) is 1. The topological polar surface area (TPSA) is 120 Å². The van der Waals surface area contributed by atoms with Gasteiger partial charge in [0.15, 0.2) is 0 Å². The lowest BCUT2D eigenvalue weighted by Gasteiger charge is -2.09. The molecule has 0 aliphatic heterocycles. The number of carbonyl (C=O) groups excluding carboxylic acids is 3. The Morgan fingerprint density at radius 3 is 2.63 bits per heavy atom. The molecule has 2 amide bonds. The maximum atomic E-state index is 11.8. The molecule has 0 aliphatic carbocycles. The van der Waals surface area contributed by atoms with Gasteiger partial charge in [-0.1, -0.05) is 17.7 Å². The number of hydrogen-bond donors (Lipinski definition) is 2. The van der Waals surface area contributed by atoms with Crippen LogP contribution in [0.1, 0.15) is 22.8 Å². The first-order valence-corrected chi connectivity index (χ1v) is 8.16. The van der Waals surface area contributed by atoms with Gasteiger partial charge in [0.1, 0.15) is 5.75 Å². The van der Waals surface area contributed by atoms with E-state index < -0.39 is 17.8 Å². The van der Waals surface area contributed by atoms with Gasteiger partial charge < -0.3 is 20.0 Å². The van der Waals surface area contributed by atoms with Gasteiger partial charge in [-0.05, 0) is 48.9 Å². The summed E-state index contributed by atoms with van der Waals surface area (Å²) in [5.74, 6) is -2.95. The third kappa shape index (κ3) is 5.82. The van der Waals surface area contributed by atoms with Crippen molar-refractivity contribution >= 4 is 41.3 Å². The van der Waals surface area contributed by atoms with Crippen molar-refractivity contribution in [2.24, 2.45) is 5.10 Å². The molecular formula is C18H15ClN3O5-. The van der Waals surface area contributed by atoms with Crippen LogP contribution in [0.15, 0.2) is 47.6 Å². The first-order chi connectivity index (χ1) is 12.9. The molecule has 9 heteroatoms. The summed E-state index contributed by atoms with van der Waals surface area (Å²) in [6, 6.07) is 10.3. The Kier molecular flexibility index (Phi) is 6.90. The SMILES string of the molecule is CCOc1ccc(C(=O)[O-])cc1/C=N\NC(=O)C(=O)Nc1cccc(Cl)c1. The number of aromatic carboxylic acids is 1. The van der Waals surface area contributed by atoms with Crippen LogP contribution in [0.3, 0.4) is 0 Å². The van der Waals surface area contributed by atoms with Gasteiger partial charge in [0.2, 0.25) is 0 Å². The lowest BCUT2D eigenvalue weighted by Crippen LogP contribution is -2.32. The highest BCUT2D eigenvalue weighted by molar-refractivity contribution is 6.39. The highest BCUT2D eigenvalue weighted by Gasteiger charge is 2.13. The molecular weight excluding hydrogens is 374 g/mol. The fourth-order valence-electron chi connectivity index (χ4n) is 2.03. The summed E-state index contributed by atoms with van der Waals surface area (Å²) in [6.07, 6.45) is 1.17. The minimum atomic E-state index is -1.36. The van der Waals surface area contributed by atoms with E-state index in [1.54, 1.807) is 25.1 Å². The molecule has 2 aromatic carbocycles. The Hall–Kier alpha value is -3.39. The zero-order valence-electron chi connectivity index (χ0n) is 14.2. The van der Waals surface area contributed by atoms with Crippen molar-refractivity contribution in [3.8, 4) is 5.75 Å². The molecule has 2 N–H and O–H groups in total. The van der Waals surface area contributed by atoms with Gasteiger partial charge in [0, 0.05) is 16.3 Å². The van der Waals surface area contributed by atoms with Crippen molar-refractivity contribution in [1.29, 1.82) is 0 Å². The van der Waals surface area contributed by atoms with E-state index in [0.29, 0.717) is 28.6 Å². The van der Waals surface area contributed by atoms with Crippen LogP contribution in [0.25, 0.3) is 0 Å². The van der Waals surface area contributed by atoms with Crippen LogP contribution in [0.4, 0.5) is 5.69 Å². The van der Waals surface area contributed by atoms with Gasteiger partial charge in [-0.15, -0.1) is 0 Å². The second-order valence-corrected chi connectivity index (χ2v) is 5.57. The first kappa shape index (κ1) is 19.9. The van der Waals surface area contributed by atoms with E-state index in [0.717, 1.165) is 0 Å². The number of carboxylic acids is 1. The average Bonchev–Trinajstić information content (AvgIpc) is 2.62. The molecule has 2 aromatic rings. The molecule has 0 saturated heterocycles. The van der Waals surface area contributed by atoms with Crippen molar-refractivity contribution in [3.05, 3.63) is 58.6 Å². The van der Waals surface area contributed by atoms with Gasteiger partial charge in [0.25, 0.3) is 0 Å². The molecule has 27 heavy (non-hydrogen) atoms. The molecule has 0 aromatic heterocycles. The number of anilines is 1. The largest absolute Gasteiger partial charge is 0.545 e. The van der Waals surface area contributed by atoms with Crippen molar-refractivity contribution in [3.63, 3.8) is 0 Å². The van der Waals surface area contributed by atoms with E-state index >= 15 is 0 Å².